The van der Waals surface area contributed by atoms with E-state index in [1.807, 2.05) is 25.1 Å². The lowest BCUT2D eigenvalue weighted by atomic mass is 10.2. The quantitative estimate of drug-likeness (QED) is 0.536. The van der Waals surface area contributed by atoms with Crippen molar-refractivity contribution >= 4 is 28.8 Å². The zero-order valence-electron chi connectivity index (χ0n) is 16.8. The first-order chi connectivity index (χ1) is 14.2. The lowest BCUT2D eigenvalue weighted by Crippen LogP contribution is -2.36. The molecular weight excluding hydrogens is 366 g/mol. The van der Waals surface area contributed by atoms with E-state index in [0.717, 1.165) is 55.3 Å². The molecule has 1 saturated heterocycles. The number of fused-ring (bicyclic) bond motifs is 1. The van der Waals surface area contributed by atoms with E-state index in [4.69, 9.17) is 4.74 Å². The minimum absolute atomic E-state index is 0.253. The minimum Gasteiger partial charge on any atom is -0.378 e. The molecule has 0 aliphatic carbocycles. The number of imidazole rings is 1. The molecule has 7 nitrogen and oxygen atoms in total. The van der Waals surface area contributed by atoms with E-state index in [2.05, 4.69) is 44.0 Å². The van der Waals surface area contributed by atoms with E-state index in [-0.39, 0.29) is 5.91 Å². The Balaban J connectivity index is 1.40. The number of ether oxygens (including phenoxy) is 1. The standard InChI is InChI=1S/C22H25N5O2/c1-3-27-16(2)24-20-14-18(6-9-21(20)27)22(28)25-23-15-17-4-7-19(8-5-17)26-10-12-29-13-11-26/h4-9,14-15H,3,10-13H2,1-2H3,(H,25,28). The maximum absolute atomic E-state index is 12.4. The van der Waals surface area contributed by atoms with Crippen LogP contribution in [0.15, 0.2) is 47.6 Å². The van der Waals surface area contributed by atoms with Crippen LogP contribution in [0.4, 0.5) is 5.69 Å². The Hall–Kier alpha value is -3.19. The van der Waals surface area contributed by atoms with Gasteiger partial charge >= 0.3 is 0 Å². The molecule has 0 atom stereocenters. The predicted molar refractivity (Wildman–Crippen MR) is 115 cm³/mol. The van der Waals surface area contributed by atoms with Crippen LogP contribution in [0.2, 0.25) is 0 Å². The lowest BCUT2D eigenvalue weighted by molar-refractivity contribution is 0.0955. The van der Waals surface area contributed by atoms with Gasteiger partial charge in [0.1, 0.15) is 5.82 Å². The molecule has 0 spiro atoms. The van der Waals surface area contributed by atoms with Crippen LogP contribution in [0.25, 0.3) is 11.0 Å². The minimum atomic E-state index is -0.253. The van der Waals surface area contributed by atoms with E-state index in [1.54, 1.807) is 18.3 Å². The van der Waals surface area contributed by atoms with Crippen LogP contribution in [0, 0.1) is 6.92 Å². The summed E-state index contributed by atoms with van der Waals surface area (Å²) in [5, 5.41) is 4.10. The van der Waals surface area contributed by atoms with Gasteiger partial charge in [0.05, 0.1) is 30.5 Å². The Labute approximate surface area is 170 Å². The van der Waals surface area contributed by atoms with Gasteiger partial charge in [0.25, 0.3) is 5.91 Å². The number of rotatable bonds is 5. The molecule has 2 aromatic carbocycles. The zero-order chi connectivity index (χ0) is 20.2. The summed E-state index contributed by atoms with van der Waals surface area (Å²) in [6.07, 6.45) is 1.65. The predicted octanol–water partition coefficient (Wildman–Crippen LogP) is 2.97. The highest BCUT2D eigenvalue weighted by molar-refractivity contribution is 5.98. The number of nitrogens with zero attached hydrogens (tertiary/aromatic N) is 4. The number of carbonyl (C=O) groups excluding carboxylic acids is 1. The third-order valence-electron chi connectivity index (χ3n) is 5.17. The summed E-state index contributed by atoms with van der Waals surface area (Å²) in [7, 11) is 0. The average Bonchev–Trinajstić information content (AvgIpc) is 3.08. The SMILES string of the molecule is CCn1c(C)nc2cc(C(=O)NN=Cc3ccc(N4CCOCC4)cc3)ccc21. The molecule has 150 valence electrons. The molecule has 2 heterocycles. The highest BCUT2D eigenvalue weighted by Gasteiger charge is 2.11. The fraction of sp³-hybridized carbons (Fsp3) is 0.318. The third-order valence-corrected chi connectivity index (χ3v) is 5.17. The number of hydrogen-bond acceptors (Lipinski definition) is 5. The van der Waals surface area contributed by atoms with Gasteiger partial charge in [-0.05, 0) is 49.7 Å². The van der Waals surface area contributed by atoms with Gasteiger partial charge in [-0.25, -0.2) is 10.4 Å². The van der Waals surface area contributed by atoms with Crippen LogP contribution in [0.3, 0.4) is 0 Å². The van der Waals surface area contributed by atoms with Crippen molar-refractivity contribution in [1.82, 2.24) is 15.0 Å². The van der Waals surface area contributed by atoms with Crippen LogP contribution >= 0.6 is 0 Å². The van der Waals surface area contributed by atoms with Crippen molar-refractivity contribution in [1.29, 1.82) is 0 Å². The van der Waals surface area contributed by atoms with Crippen LogP contribution in [0.5, 0.6) is 0 Å². The normalized spacial score (nSPS) is 14.6. The van der Waals surface area contributed by atoms with Crippen molar-refractivity contribution in [3.63, 3.8) is 0 Å². The second-order valence-electron chi connectivity index (χ2n) is 7.00. The van der Waals surface area contributed by atoms with Crippen LogP contribution < -0.4 is 10.3 Å². The molecule has 0 unspecified atom stereocenters. The number of aromatic nitrogens is 2. The van der Waals surface area contributed by atoms with E-state index in [1.165, 1.54) is 5.69 Å². The maximum atomic E-state index is 12.4. The molecule has 3 aromatic rings. The average molecular weight is 391 g/mol. The molecule has 4 rings (SSSR count). The number of benzene rings is 2. The van der Waals surface area contributed by atoms with E-state index < -0.39 is 0 Å². The van der Waals surface area contributed by atoms with E-state index in [9.17, 15) is 4.79 Å². The molecule has 1 aliphatic heterocycles. The van der Waals surface area contributed by atoms with Gasteiger partial charge in [0, 0.05) is 30.9 Å². The fourth-order valence-electron chi connectivity index (χ4n) is 3.61. The molecule has 29 heavy (non-hydrogen) atoms. The summed E-state index contributed by atoms with van der Waals surface area (Å²) in [6.45, 7) is 8.24. The largest absolute Gasteiger partial charge is 0.378 e. The Morgan fingerprint density at radius 3 is 2.69 bits per heavy atom. The topological polar surface area (TPSA) is 71.8 Å². The third kappa shape index (κ3) is 4.14. The van der Waals surface area contributed by atoms with Crippen LogP contribution in [-0.4, -0.2) is 48.0 Å². The molecule has 1 aliphatic rings. The van der Waals surface area contributed by atoms with Gasteiger partial charge in [-0.3, -0.25) is 4.79 Å². The first kappa shape index (κ1) is 19.1. The van der Waals surface area contributed by atoms with Gasteiger partial charge in [-0.2, -0.15) is 5.10 Å². The first-order valence-electron chi connectivity index (χ1n) is 9.89. The van der Waals surface area contributed by atoms with Crippen molar-refractivity contribution in [3.8, 4) is 0 Å². The Bertz CT molecular complexity index is 1030. The molecule has 1 fully saturated rings. The van der Waals surface area contributed by atoms with Crippen molar-refractivity contribution in [2.45, 2.75) is 20.4 Å². The van der Waals surface area contributed by atoms with Crippen LogP contribution in [-0.2, 0) is 11.3 Å². The van der Waals surface area contributed by atoms with Crippen LogP contribution in [0.1, 0.15) is 28.7 Å². The number of anilines is 1. The van der Waals surface area contributed by atoms with Gasteiger partial charge in [0.15, 0.2) is 0 Å². The highest BCUT2D eigenvalue weighted by Crippen LogP contribution is 2.18. The number of carbonyl (C=O) groups is 1. The molecule has 0 saturated carbocycles. The monoisotopic (exact) mass is 391 g/mol. The summed E-state index contributed by atoms with van der Waals surface area (Å²) in [5.74, 6) is 0.690. The number of aryl methyl sites for hydroxylation is 2. The molecule has 0 bridgehead atoms. The zero-order valence-corrected chi connectivity index (χ0v) is 16.8. The molecule has 0 radical (unpaired) electrons. The number of morpholine rings is 1. The molecule has 7 heteroatoms. The van der Waals surface area contributed by atoms with Crippen molar-refractivity contribution in [3.05, 3.63) is 59.4 Å². The smallest absolute Gasteiger partial charge is 0.271 e. The number of nitrogens with one attached hydrogen (secondary N) is 1. The van der Waals surface area contributed by atoms with Crippen molar-refractivity contribution in [2.75, 3.05) is 31.2 Å². The van der Waals surface area contributed by atoms with Gasteiger partial charge in [0.2, 0.25) is 0 Å². The summed E-state index contributed by atoms with van der Waals surface area (Å²) < 4.78 is 7.51. The Morgan fingerprint density at radius 2 is 1.97 bits per heavy atom. The summed E-state index contributed by atoms with van der Waals surface area (Å²) in [5.41, 5.74) is 7.08. The lowest BCUT2D eigenvalue weighted by Gasteiger charge is -2.28. The molecular formula is C22H25N5O2. The summed E-state index contributed by atoms with van der Waals surface area (Å²) in [4.78, 5) is 19.3. The van der Waals surface area contributed by atoms with E-state index in [0.29, 0.717) is 5.56 Å². The number of hydrazone groups is 1. The first-order valence-corrected chi connectivity index (χ1v) is 9.89. The van der Waals surface area contributed by atoms with Crippen molar-refractivity contribution < 1.29 is 9.53 Å². The second kappa shape index (κ2) is 8.45. The number of amides is 1. The van der Waals surface area contributed by atoms with Crippen molar-refractivity contribution in [2.24, 2.45) is 5.10 Å². The molecule has 1 aromatic heterocycles. The summed E-state index contributed by atoms with van der Waals surface area (Å²) in [6, 6.07) is 13.7. The van der Waals surface area contributed by atoms with Gasteiger partial charge in [-0.1, -0.05) is 12.1 Å². The molecule has 1 N–H and O–H groups in total. The number of hydrogen-bond donors (Lipinski definition) is 1. The Kier molecular flexibility index (Phi) is 5.57. The highest BCUT2D eigenvalue weighted by atomic mass is 16.5. The van der Waals surface area contributed by atoms with Gasteiger partial charge in [-0.15, -0.1) is 0 Å². The second-order valence-corrected chi connectivity index (χ2v) is 7.00. The maximum Gasteiger partial charge on any atom is 0.271 e. The van der Waals surface area contributed by atoms with E-state index >= 15 is 0 Å². The summed E-state index contributed by atoms with van der Waals surface area (Å²) >= 11 is 0. The fourth-order valence-corrected chi connectivity index (χ4v) is 3.61. The van der Waals surface area contributed by atoms with Gasteiger partial charge < -0.3 is 14.2 Å². The molecule has 1 amide bonds. The Morgan fingerprint density at radius 1 is 1.21 bits per heavy atom.